The number of nitriles is 1. The molecular formula is C15H22N2O. The number of nitrogens with zero attached hydrogens (tertiary/aromatic N) is 2. The zero-order valence-corrected chi connectivity index (χ0v) is 11.6. The van der Waals surface area contributed by atoms with Crippen LogP contribution in [0.2, 0.25) is 0 Å². The largest absolute Gasteiger partial charge is 0.474 e. The van der Waals surface area contributed by atoms with Gasteiger partial charge in [0.2, 0.25) is 5.88 Å². The topological polar surface area (TPSA) is 45.9 Å². The van der Waals surface area contributed by atoms with Crippen molar-refractivity contribution < 1.29 is 4.74 Å². The van der Waals surface area contributed by atoms with Crippen LogP contribution in [0.4, 0.5) is 0 Å². The molecular weight excluding hydrogens is 224 g/mol. The molecule has 0 aromatic carbocycles. The Bertz CT molecular complexity index is 409. The number of hydrogen-bond acceptors (Lipinski definition) is 3. The number of rotatable bonds is 7. The first kappa shape index (κ1) is 14.5. The van der Waals surface area contributed by atoms with Crippen molar-refractivity contribution in [3.63, 3.8) is 0 Å². The SMILES string of the molecule is CCCCCCC(C)Oc1nc(C)ccc1C#N. The van der Waals surface area contributed by atoms with E-state index in [9.17, 15) is 0 Å². The molecule has 1 rings (SSSR count). The molecule has 0 spiro atoms. The van der Waals surface area contributed by atoms with Gasteiger partial charge >= 0.3 is 0 Å². The van der Waals surface area contributed by atoms with Gasteiger partial charge < -0.3 is 4.74 Å². The maximum atomic E-state index is 9.00. The van der Waals surface area contributed by atoms with Gasteiger partial charge in [-0.15, -0.1) is 0 Å². The van der Waals surface area contributed by atoms with Gasteiger partial charge in [0.15, 0.2) is 0 Å². The Balaban J connectivity index is 2.51. The Hall–Kier alpha value is -1.56. The van der Waals surface area contributed by atoms with Gasteiger partial charge in [0.1, 0.15) is 11.6 Å². The quantitative estimate of drug-likeness (QED) is 0.683. The molecule has 0 fully saturated rings. The molecule has 1 atom stereocenters. The van der Waals surface area contributed by atoms with Crippen LogP contribution in [0.5, 0.6) is 5.88 Å². The van der Waals surface area contributed by atoms with Crippen molar-refractivity contribution in [2.24, 2.45) is 0 Å². The highest BCUT2D eigenvalue weighted by Crippen LogP contribution is 2.18. The highest BCUT2D eigenvalue weighted by molar-refractivity contribution is 5.38. The van der Waals surface area contributed by atoms with Gasteiger partial charge in [-0.05, 0) is 38.8 Å². The van der Waals surface area contributed by atoms with Crippen LogP contribution in [0.25, 0.3) is 0 Å². The standard InChI is InChI=1S/C15H22N2O/c1-4-5-6-7-8-13(3)18-15-14(11-16)10-9-12(2)17-15/h9-10,13H,4-8H2,1-3H3. The lowest BCUT2D eigenvalue weighted by Gasteiger charge is -2.14. The van der Waals surface area contributed by atoms with Crippen LogP contribution in [0.1, 0.15) is 57.2 Å². The first-order valence-corrected chi connectivity index (χ1v) is 6.71. The first-order chi connectivity index (χ1) is 8.67. The highest BCUT2D eigenvalue weighted by Gasteiger charge is 2.10. The summed E-state index contributed by atoms with van der Waals surface area (Å²) in [5.41, 5.74) is 1.39. The Morgan fingerprint density at radius 3 is 2.78 bits per heavy atom. The fourth-order valence-electron chi connectivity index (χ4n) is 1.82. The van der Waals surface area contributed by atoms with Gasteiger partial charge in [0.25, 0.3) is 0 Å². The lowest BCUT2D eigenvalue weighted by Crippen LogP contribution is -2.13. The minimum Gasteiger partial charge on any atom is -0.474 e. The number of unbranched alkanes of at least 4 members (excludes halogenated alkanes) is 3. The summed E-state index contributed by atoms with van der Waals surface area (Å²) in [7, 11) is 0. The van der Waals surface area contributed by atoms with E-state index < -0.39 is 0 Å². The maximum absolute atomic E-state index is 9.00. The van der Waals surface area contributed by atoms with E-state index in [4.69, 9.17) is 10.00 Å². The minimum absolute atomic E-state index is 0.114. The molecule has 0 saturated heterocycles. The Morgan fingerprint density at radius 2 is 2.11 bits per heavy atom. The van der Waals surface area contributed by atoms with Gasteiger partial charge in [-0.1, -0.05) is 26.2 Å². The van der Waals surface area contributed by atoms with Crippen LogP contribution in [-0.4, -0.2) is 11.1 Å². The van der Waals surface area contributed by atoms with E-state index in [2.05, 4.69) is 18.0 Å². The number of pyridine rings is 1. The fourth-order valence-corrected chi connectivity index (χ4v) is 1.82. The summed E-state index contributed by atoms with van der Waals surface area (Å²) in [4.78, 5) is 4.28. The summed E-state index contributed by atoms with van der Waals surface area (Å²) in [5, 5.41) is 9.00. The molecule has 1 unspecified atom stereocenters. The normalized spacial score (nSPS) is 11.9. The predicted molar refractivity (Wildman–Crippen MR) is 72.5 cm³/mol. The average Bonchev–Trinajstić information content (AvgIpc) is 2.35. The minimum atomic E-state index is 0.114. The molecule has 0 aliphatic rings. The third-order valence-corrected chi connectivity index (χ3v) is 2.90. The van der Waals surface area contributed by atoms with Crippen molar-refractivity contribution in [2.75, 3.05) is 0 Å². The molecule has 1 aromatic heterocycles. The van der Waals surface area contributed by atoms with Gasteiger partial charge in [-0.25, -0.2) is 4.98 Å². The molecule has 0 aliphatic heterocycles. The van der Waals surface area contributed by atoms with E-state index in [1.165, 1.54) is 25.7 Å². The molecule has 18 heavy (non-hydrogen) atoms. The van der Waals surface area contributed by atoms with Gasteiger partial charge in [0, 0.05) is 5.69 Å². The molecule has 3 heteroatoms. The molecule has 0 N–H and O–H groups in total. The summed E-state index contributed by atoms with van der Waals surface area (Å²) in [6.45, 7) is 6.15. The molecule has 0 saturated carbocycles. The number of aromatic nitrogens is 1. The second kappa shape index (κ2) is 7.71. The average molecular weight is 246 g/mol. The third-order valence-electron chi connectivity index (χ3n) is 2.90. The van der Waals surface area contributed by atoms with Crippen molar-refractivity contribution in [3.8, 4) is 11.9 Å². The van der Waals surface area contributed by atoms with E-state index in [0.717, 1.165) is 12.1 Å². The van der Waals surface area contributed by atoms with Gasteiger partial charge in [0.05, 0.1) is 6.10 Å². The number of aryl methyl sites for hydroxylation is 1. The van der Waals surface area contributed by atoms with Crippen LogP contribution < -0.4 is 4.74 Å². The lowest BCUT2D eigenvalue weighted by molar-refractivity contribution is 0.197. The van der Waals surface area contributed by atoms with Crippen molar-refractivity contribution >= 4 is 0 Å². The van der Waals surface area contributed by atoms with Crippen LogP contribution in [0.3, 0.4) is 0 Å². The Morgan fingerprint density at radius 1 is 1.33 bits per heavy atom. The molecule has 1 heterocycles. The van der Waals surface area contributed by atoms with Crippen LogP contribution >= 0.6 is 0 Å². The first-order valence-electron chi connectivity index (χ1n) is 6.71. The predicted octanol–water partition coefficient (Wildman–Crippen LogP) is 4.00. The van der Waals surface area contributed by atoms with E-state index in [0.29, 0.717) is 11.4 Å². The maximum Gasteiger partial charge on any atom is 0.232 e. The summed E-state index contributed by atoms with van der Waals surface area (Å²) >= 11 is 0. The Labute approximate surface area is 110 Å². The zero-order valence-electron chi connectivity index (χ0n) is 11.6. The summed E-state index contributed by atoms with van der Waals surface area (Å²) in [6.07, 6.45) is 6.06. The summed E-state index contributed by atoms with van der Waals surface area (Å²) < 4.78 is 5.76. The zero-order chi connectivity index (χ0) is 13.4. The number of ether oxygens (including phenoxy) is 1. The summed E-state index contributed by atoms with van der Waals surface area (Å²) in [6, 6.07) is 5.71. The van der Waals surface area contributed by atoms with E-state index in [-0.39, 0.29) is 6.10 Å². The van der Waals surface area contributed by atoms with Crippen molar-refractivity contribution in [2.45, 2.75) is 59.0 Å². The fraction of sp³-hybridized carbons (Fsp3) is 0.600. The smallest absolute Gasteiger partial charge is 0.232 e. The molecule has 0 bridgehead atoms. The van der Waals surface area contributed by atoms with Crippen LogP contribution in [-0.2, 0) is 0 Å². The second-order valence-corrected chi connectivity index (χ2v) is 4.69. The monoisotopic (exact) mass is 246 g/mol. The molecule has 0 amide bonds. The Kier molecular flexibility index (Phi) is 6.21. The number of hydrogen-bond donors (Lipinski definition) is 0. The van der Waals surface area contributed by atoms with Crippen LogP contribution in [0.15, 0.2) is 12.1 Å². The lowest BCUT2D eigenvalue weighted by atomic mass is 10.1. The molecule has 98 valence electrons. The molecule has 0 radical (unpaired) electrons. The molecule has 1 aromatic rings. The highest BCUT2D eigenvalue weighted by atomic mass is 16.5. The van der Waals surface area contributed by atoms with E-state index in [1.807, 2.05) is 19.9 Å². The van der Waals surface area contributed by atoms with Crippen molar-refractivity contribution in [1.29, 1.82) is 5.26 Å². The third kappa shape index (κ3) is 4.75. The second-order valence-electron chi connectivity index (χ2n) is 4.69. The van der Waals surface area contributed by atoms with E-state index >= 15 is 0 Å². The molecule has 3 nitrogen and oxygen atoms in total. The van der Waals surface area contributed by atoms with Crippen LogP contribution in [0, 0.1) is 18.3 Å². The van der Waals surface area contributed by atoms with Crippen molar-refractivity contribution in [1.82, 2.24) is 4.98 Å². The van der Waals surface area contributed by atoms with Gasteiger partial charge in [-0.2, -0.15) is 5.26 Å². The van der Waals surface area contributed by atoms with Crippen molar-refractivity contribution in [3.05, 3.63) is 23.4 Å². The van der Waals surface area contributed by atoms with Gasteiger partial charge in [-0.3, -0.25) is 0 Å². The summed E-state index contributed by atoms with van der Waals surface area (Å²) in [5.74, 6) is 0.473. The van der Waals surface area contributed by atoms with E-state index in [1.54, 1.807) is 6.07 Å². The molecule has 0 aliphatic carbocycles.